The number of carbonyl (C=O) groups is 1. The van der Waals surface area contributed by atoms with Crippen LogP contribution in [0.3, 0.4) is 0 Å². The molecular formula is C19H24N4O2S. The number of hydrogen-bond acceptors (Lipinski definition) is 5. The normalized spacial score (nSPS) is 13.2. The second-order valence-electron chi connectivity index (χ2n) is 6.27. The Morgan fingerprint density at radius 1 is 1.38 bits per heavy atom. The van der Waals surface area contributed by atoms with E-state index in [1.54, 1.807) is 29.5 Å². The fourth-order valence-electron chi connectivity index (χ4n) is 2.63. The number of nitriles is 1. The van der Waals surface area contributed by atoms with Crippen LogP contribution in [0.1, 0.15) is 39.7 Å². The molecule has 0 radical (unpaired) electrons. The second-order valence-corrected chi connectivity index (χ2v) is 7.58. The molecule has 1 amide bonds. The lowest BCUT2D eigenvalue weighted by Gasteiger charge is -2.22. The van der Waals surface area contributed by atoms with Gasteiger partial charge in [0.15, 0.2) is 5.16 Å². The Balaban J connectivity index is 2.40. The van der Waals surface area contributed by atoms with Gasteiger partial charge in [0.1, 0.15) is 0 Å². The van der Waals surface area contributed by atoms with Crippen molar-refractivity contribution in [1.82, 2.24) is 14.5 Å². The zero-order chi connectivity index (χ0) is 19.3. The van der Waals surface area contributed by atoms with Gasteiger partial charge in [-0.3, -0.25) is 14.2 Å². The van der Waals surface area contributed by atoms with Gasteiger partial charge in [0.25, 0.3) is 5.56 Å². The molecular weight excluding hydrogens is 348 g/mol. The Bertz CT molecular complexity index is 887. The number of thioether (sulfide) groups is 1. The van der Waals surface area contributed by atoms with Crippen molar-refractivity contribution in [2.45, 2.75) is 50.1 Å². The number of para-hydroxylation sites is 1. The highest BCUT2D eigenvalue weighted by molar-refractivity contribution is 8.00. The average molecular weight is 372 g/mol. The fourth-order valence-corrected chi connectivity index (χ4v) is 3.75. The van der Waals surface area contributed by atoms with Gasteiger partial charge < -0.3 is 4.90 Å². The number of hydrogen-bond donors (Lipinski definition) is 0. The molecule has 6 nitrogen and oxygen atoms in total. The maximum absolute atomic E-state index is 13.0. The standard InChI is InChI=1S/C19H24N4O2S/c1-5-13(2)23-18(25)15-9-6-7-10-16(15)21-19(23)26-14(3)17(24)22(4)12-8-11-20/h6-7,9-10,13-14H,5,8,12H2,1-4H3/t13-,14-/m0/s1. The first-order valence-corrected chi connectivity index (χ1v) is 9.58. The maximum atomic E-state index is 13.0. The molecule has 7 heteroatoms. The molecule has 138 valence electrons. The van der Waals surface area contributed by atoms with E-state index in [-0.39, 0.29) is 17.5 Å². The second kappa shape index (κ2) is 8.86. The lowest BCUT2D eigenvalue weighted by molar-refractivity contribution is -0.128. The lowest BCUT2D eigenvalue weighted by atomic mass is 10.2. The molecule has 0 saturated heterocycles. The van der Waals surface area contributed by atoms with Gasteiger partial charge in [0.2, 0.25) is 5.91 Å². The molecule has 1 aromatic carbocycles. The Labute approximate surface area is 157 Å². The van der Waals surface area contributed by atoms with E-state index in [1.807, 2.05) is 38.1 Å². The van der Waals surface area contributed by atoms with Crippen molar-refractivity contribution in [2.75, 3.05) is 13.6 Å². The summed E-state index contributed by atoms with van der Waals surface area (Å²) in [5.74, 6) is -0.0802. The Morgan fingerprint density at radius 2 is 2.08 bits per heavy atom. The predicted molar refractivity (Wildman–Crippen MR) is 104 cm³/mol. The zero-order valence-electron chi connectivity index (χ0n) is 15.6. The van der Waals surface area contributed by atoms with Gasteiger partial charge >= 0.3 is 0 Å². The highest BCUT2D eigenvalue weighted by atomic mass is 32.2. The number of fused-ring (bicyclic) bond motifs is 1. The van der Waals surface area contributed by atoms with Gasteiger partial charge in [-0.2, -0.15) is 5.26 Å². The molecule has 26 heavy (non-hydrogen) atoms. The van der Waals surface area contributed by atoms with Crippen molar-refractivity contribution < 1.29 is 4.79 Å². The van der Waals surface area contributed by atoms with Crippen molar-refractivity contribution >= 4 is 28.6 Å². The summed E-state index contributed by atoms with van der Waals surface area (Å²) in [5, 5.41) is 9.42. The number of amides is 1. The Hall–Kier alpha value is -2.33. The van der Waals surface area contributed by atoms with Crippen molar-refractivity contribution in [3.63, 3.8) is 0 Å². The molecule has 0 aliphatic carbocycles. The molecule has 1 heterocycles. The predicted octanol–water partition coefficient (Wildman–Crippen LogP) is 3.22. The molecule has 0 saturated carbocycles. The van der Waals surface area contributed by atoms with Crippen molar-refractivity contribution in [1.29, 1.82) is 5.26 Å². The Morgan fingerprint density at radius 3 is 2.73 bits per heavy atom. The van der Waals surface area contributed by atoms with Gasteiger partial charge in [0, 0.05) is 19.6 Å². The van der Waals surface area contributed by atoms with E-state index in [4.69, 9.17) is 5.26 Å². The van der Waals surface area contributed by atoms with Crippen LogP contribution in [0.25, 0.3) is 10.9 Å². The van der Waals surface area contributed by atoms with E-state index < -0.39 is 5.25 Å². The van der Waals surface area contributed by atoms with Crippen LogP contribution in [0.4, 0.5) is 0 Å². The molecule has 0 N–H and O–H groups in total. The summed E-state index contributed by atoms with van der Waals surface area (Å²) in [7, 11) is 1.69. The quantitative estimate of drug-likeness (QED) is 0.551. The van der Waals surface area contributed by atoms with E-state index in [0.29, 0.717) is 29.0 Å². The summed E-state index contributed by atoms with van der Waals surface area (Å²) in [6, 6.07) is 9.30. The molecule has 2 aromatic rings. The minimum atomic E-state index is -0.401. The van der Waals surface area contributed by atoms with Crippen LogP contribution in [0.5, 0.6) is 0 Å². The van der Waals surface area contributed by atoms with Gasteiger partial charge in [-0.15, -0.1) is 0 Å². The lowest BCUT2D eigenvalue weighted by Crippen LogP contribution is -2.34. The van der Waals surface area contributed by atoms with E-state index in [1.165, 1.54) is 11.8 Å². The number of rotatable bonds is 7. The highest BCUT2D eigenvalue weighted by Crippen LogP contribution is 2.26. The minimum Gasteiger partial charge on any atom is -0.344 e. The van der Waals surface area contributed by atoms with Crippen LogP contribution in [-0.2, 0) is 4.79 Å². The topological polar surface area (TPSA) is 79.0 Å². The van der Waals surface area contributed by atoms with E-state index in [9.17, 15) is 9.59 Å². The van der Waals surface area contributed by atoms with Gasteiger partial charge in [0.05, 0.1) is 28.6 Å². The van der Waals surface area contributed by atoms with E-state index in [0.717, 1.165) is 6.42 Å². The van der Waals surface area contributed by atoms with Crippen molar-refractivity contribution in [2.24, 2.45) is 0 Å². The number of nitrogens with zero attached hydrogens (tertiary/aromatic N) is 4. The molecule has 0 unspecified atom stereocenters. The number of carbonyl (C=O) groups excluding carboxylic acids is 1. The van der Waals surface area contributed by atoms with Crippen molar-refractivity contribution in [3.8, 4) is 6.07 Å². The highest BCUT2D eigenvalue weighted by Gasteiger charge is 2.23. The first-order chi connectivity index (χ1) is 12.4. The summed E-state index contributed by atoms with van der Waals surface area (Å²) in [6.07, 6.45) is 1.09. The minimum absolute atomic E-state index is 0.0132. The number of benzene rings is 1. The third-order valence-electron chi connectivity index (χ3n) is 4.37. The third-order valence-corrected chi connectivity index (χ3v) is 5.43. The molecule has 1 aromatic heterocycles. The van der Waals surface area contributed by atoms with Gasteiger partial charge in [-0.05, 0) is 32.4 Å². The monoisotopic (exact) mass is 372 g/mol. The number of aromatic nitrogens is 2. The molecule has 2 rings (SSSR count). The summed E-state index contributed by atoms with van der Waals surface area (Å²) in [5.41, 5.74) is 0.557. The van der Waals surface area contributed by atoms with Gasteiger partial charge in [-0.25, -0.2) is 4.98 Å². The fraction of sp³-hybridized carbons (Fsp3) is 0.474. The SMILES string of the molecule is CC[C@H](C)n1c(S[C@@H](C)C(=O)N(C)CCC#N)nc2ccccc2c1=O. The average Bonchev–Trinajstić information content (AvgIpc) is 2.65. The molecule has 0 bridgehead atoms. The molecule has 0 fully saturated rings. The van der Waals surface area contributed by atoms with Crippen LogP contribution in [0, 0.1) is 11.3 Å². The third kappa shape index (κ3) is 4.25. The maximum Gasteiger partial charge on any atom is 0.262 e. The molecule has 0 spiro atoms. The largest absolute Gasteiger partial charge is 0.344 e. The smallest absolute Gasteiger partial charge is 0.262 e. The summed E-state index contributed by atoms with van der Waals surface area (Å²) in [4.78, 5) is 31.7. The summed E-state index contributed by atoms with van der Waals surface area (Å²) >= 11 is 1.29. The summed E-state index contributed by atoms with van der Waals surface area (Å²) < 4.78 is 1.69. The van der Waals surface area contributed by atoms with Crippen LogP contribution in [0.15, 0.2) is 34.2 Å². The van der Waals surface area contributed by atoms with Crippen LogP contribution in [-0.4, -0.2) is 39.2 Å². The molecule has 0 aliphatic heterocycles. The first-order valence-electron chi connectivity index (χ1n) is 8.70. The van der Waals surface area contributed by atoms with Crippen molar-refractivity contribution in [3.05, 3.63) is 34.6 Å². The van der Waals surface area contributed by atoms with Crippen LogP contribution >= 0.6 is 11.8 Å². The van der Waals surface area contributed by atoms with E-state index in [2.05, 4.69) is 4.98 Å². The van der Waals surface area contributed by atoms with Crippen LogP contribution < -0.4 is 5.56 Å². The Kier molecular flexibility index (Phi) is 6.81. The zero-order valence-corrected chi connectivity index (χ0v) is 16.4. The van der Waals surface area contributed by atoms with Crippen LogP contribution in [0.2, 0.25) is 0 Å². The molecule has 0 aliphatic rings. The molecule has 2 atom stereocenters. The van der Waals surface area contributed by atoms with E-state index >= 15 is 0 Å². The van der Waals surface area contributed by atoms with Gasteiger partial charge in [-0.1, -0.05) is 30.8 Å². The first kappa shape index (κ1) is 20.0. The summed E-state index contributed by atoms with van der Waals surface area (Å²) in [6.45, 7) is 6.19.